The molecule has 0 saturated heterocycles. The number of nitrogen functional groups attached to an aromatic ring is 1. The SMILES string of the molecule is COC(=O)c1c(N)sc(C)c1-c1ccc(Br)cc1. The summed E-state index contributed by atoms with van der Waals surface area (Å²) >= 11 is 4.79. The maximum Gasteiger partial charge on any atom is 0.341 e. The molecule has 0 spiro atoms. The summed E-state index contributed by atoms with van der Waals surface area (Å²) in [6.07, 6.45) is 0. The second-order valence-electron chi connectivity index (χ2n) is 3.77. The topological polar surface area (TPSA) is 52.3 Å². The Kier molecular flexibility index (Phi) is 3.73. The van der Waals surface area contributed by atoms with Gasteiger partial charge in [-0.05, 0) is 24.6 Å². The largest absolute Gasteiger partial charge is 0.465 e. The van der Waals surface area contributed by atoms with Crippen LogP contribution >= 0.6 is 27.3 Å². The van der Waals surface area contributed by atoms with Crippen molar-refractivity contribution in [3.8, 4) is 11.1 Å². The molecule has 2 rings (SSSR count). The van der Waals surface area contributed by atoms with Crippen molar-refractivity contribution in [1.82, 2.24) is 0 Å². The van der Waals surface area contributed by atoms with E-state index in [0.29, 0.717) is 10.6 Å². The smallest absolute Gasteiger partial charge is 0.341 e. The Morgan fingerprint density at radius 2 is 1.94 bits per heavy atom. The normalized spacial score (nSPS) is 10.4. The van der Waals surface area contributed by atoms with Gasteiger partial charge in [0, 0.05) is 14.9 Å². The van der Waals surface area contributed by atoms with Gasteiger partial charge in [-0.2, -0.15) is 0 Å². The third-order valence-electron chi connectivity index (χ3n) is 2.63. The predicted octanol–water partition coefficient (Wildman–Crippen LogP) is 3.85. The van der Waals surface area contributed by atoms with Crippen LogP contribution in [0, 0.1) is 6.92 Å². The summed E-state index contributed by atoms with van der Waals surface area (Å²) in [5, 5.41) is 0.497. The summed E-state index contributed by atoms with van der Waals surface area (Å²) in [5.74, 6) is -0.394. The molecule has 0 unspecified atom stereocenters. The number of carbonyl (C=O) groups is 1. The van der Waals surface area contributed by atoms with Crippen LogP contribution in [0.4, 0.5) is 5.00 Å². The van der Waals surface area contributed by atoms with Crippen molar-refractivity contribution in [2.45, 2.75) is 6.92 Å². The number of hydrogen-bond donors (Lipinski definition) is 1. The molecule has 0 bridgehead atoms. The molecule has 3 nitrogen and oxygen atoms in total. The van der Waals surface area contributed by atoms with Crippen molar-refractivity contribution in [3.05, 3.63) is 39.2 Å². The molecule has 1 aromatic carbocycles. The van der Waals surface area contributed by atoms with E-state index in [1.807, 2.05) is 31.2 Å². The first kappa shape index (κ1) is 13.1. The summed E-state index contributed by atoms with van der Waals surface area (Å²) < 4.78 is 5.79. The van der Waals surface area contributed by atoms with E-state index in [4.69, 9.17) is 10.5 Å². The van der Waals surface area contributed by atoms with Crippen LogP contribution in [0.3, 0.4) is 0 Å². The van der Waals surface area contributed by atoms with E-state index in [-0.39, 0.29) is 0 Å². The lowest BCUT2D eigenvalue weighted by Gasteiger charge is -2.05. The first-order chi connectivity index (χ1) is 8.54. The highest BCUT2D eigenvalue weighted by Gasteiger charge is 2.22. The summed E-state index contributed by atoms with van der Waals surface area (Å²) in [6, 6.07) is 7.77. The van der Waals surface area contributed by atoms with Crippen molar-refractivity contribution < 1.29 is 9.53 Å². The Hall–Kier alpha value is -1.33. The third-order valence-corrected chi connectivity index (χ3v) is 4.10. The van der Waals surface area contributed by atoms with Gasteiger partial charge in [-0.3, -0.25) is 0 Å². The fraction of sp³-hybridized carbons (Fsp3) is 0.154. The summed E-state index contributed by atoms with van der Waals surface area (Å²) in [7, 11) is 1.36. The molecule has 0 aliphatic rings. The van der Waals surface area contributed by atoms with Crippen LogP contribution in [0.25, 0.3) is 11.1 Å². The number of benzene rings is 1. The first-order valence-corrected chi connectivity index (χ1v) is 6.88. The van der Waals surface area contributed by atoms with Crippen molar-refractivity contribution in [2.24, 2.45) is 0 Å². The molecule has 0 aliphatic heterocycles. The van der Waals surface area contributed by atoms with Crippen LogP contribution in [-0.2, 0) is 4.74 Å². The molecule has 2 N–H and O–H groups in total. The highest BCUT2D eigenvalue weighted by Crippen LogP contribution is 2.38. The van der Waals surface area contributed by atoms with Gasteiger partial charge in [-0.1, -0.05) is 28.1 Å². The molecule has 18 heavy (non-hydrogen) atoms. The number of anilines is 1. The average Bonchev–Trinajstić information content (AvgIpc) is 2.64. The van der Waals surface area contributed by atoms with Gasteiger partial charge in [0.25, 0.3) is 0 Å². The molecule has 94 valence electrons. The zero-order chi connectivity index (χ0) is 13.3. The van der Waals surface area contributed by atoms with Crippen LogP contribution in [0.5, 0.6) is 0 Å². The minimum atomic E-state index is -0.394. The van der Waals surface area contributed by atoms with Crippen LogP contribution in [0.2, 0.25) is 0 Å². The van der Waals surface area contributed by atoms with E-state index in [9.17, 15) is 4.79 Å². The van der Waals surface area contributed by atoms with Gasteiger partial charge in [-0.25, -0.2) is 4.79 Å². The molecule has 5 heteroatoms. The lowest BCUT2D eigenvalue weighted by Crippen LogP contribution is -2.04. The van der Waals surface area contributed by atoms with E-state index < -0.39 is 5.97 Å². The average molecular weight is 326 g/mol. The number of esters is 1. The van der Waals surface area contributed by atoms with Gasteiger partial charge in [-0.15, -0.1) is 11.3 Å². The van der Waals surface area contributed by atoms with E-state index in [1.54, 1.807) is 0 Å². The maximum atomic E-state index is 11.8. The quantitative estimate of drug-likeness (QED) is 0.853. The number of aryl methyl sites for hydroxylation is 1. The second kappa shape index (κ2) is 5.12. The summed E-state index contributed by atoms with van der Waals surface area (Å²) in [6.45, 7) is 1.95. The number of nitrogens with two attached hydrogens (primary N) is 1. The number of hydrogen-bond acceptors (Lipinski definition) is 4. The third kappa shape index (κ3) is 2.28. The Balaban J connectivity index is 2.63. The number of carbonyl (C=O) groups excluding carboxylic acids is 1. The van der Waals surface area contributed by atoms with Crippen LogP contribution in [0.15, 0.2) is 28.7 Å². The summed E-state index contributed by atoms with van der Waals surface area (Å²) in [4.78, 5) is 12.8. The van der Waals surface area contributed by atoms with Crippen molar-refractivity contribution >= 4 is 38.2 Å². The molecule has 2 aromatic rings. The van der Waals surface area contributed by atoms with Gasteiger partial charge in [0.15, 0.2) is 0 Å². The Morgan fingerprint density at radius 1 is 1.33 bits per heavy atom. The standard InChI is InChI=1S/C13H12BrNO2S/c1-7-10(8-3-5-9(14)6-4-8)11(12(15)18-7)13(16)17-2/h3-6H,15H2,1-2H3. The van der Waals surface area contributed by atoms with Gasteiger partial charge in [0.05, 0.1) is 7.11 Å². The fourth-order valence-corrected chi connectivity index (χ4v) is 3.04. The lowest BCUT2D eigenvalue weighted by atomic mass is 10.0. The van der Waals surface area contributed by atoms with E-state index >= 15 is 0 Å². The molecule has 0 aliphatic carbocycles. The number of rotatable bonds is 2. The Morgan fingerprint density at radius 3 is 2.50 bits per heavy atom. The zero-order valence-corrected chi connectivity index (χ0v) is 12.4. The molecule has 0 saturated carbocycles. The van der Waals surface area contributed by atoms with Gasteiger partial charge in [0.1, 0.15) is 10.6 Å². The zero-order valence-electron chi connectivity index (χ0n) is 9.99. The number of methoxy groups -OCH3 is 1. The molecule has 1 heterocycles. The molecule has 0 atom stereocenters. The maximum absolute atomic E-state index is 11.8. The highest BCUT2D eigenvalue weighted by atomic mass is 79.9. The number of halogens is 1. The number of thiophene rings is 1. The molecule has 0 radical (unpaired) electrons. The minimum absolute atomic E-state index is 0.394. The van der Waals surface area contributed by atoms with Gasteiger partial charge < -0.3 is 10.5 Å². The molecular formula is C13H12BrNO2S. The second-order valence-corrected chi connectivity index (χ2v) is 5.94. The molecule has 0 amide bonds. The van der Waals surface area contributed by atoms with Crippen LogP contribution in [-0.4, -0.2) is 13.1 Å². The molecule has 1 aromatic heterocycles. The van der Waals surface area contributed by atoms with Crippen molar-refractivity contribution in [1.29, 1.82) is 0 Å². The van der Waals surface area contributed by atoms with Crippen molar-refractivity contribution in [2.75, 3.05) is 12.8 Å². The summed E-state index contributed by atoms with van der Waals surface area (Å²) in [5.41, 5.74) is 8.18. The van der Waals surface area contributed by atoms with Gasteiger partial charge >= 0.3 is 5.97 Å². The number of ether oxygens (including phenoxy) is 1. The predicted molar refractivity (Wildman–Crippen MR) is 77.9 cm³/mol. The van der Waals surface area contributed by atoms with Crippen molar-refractivity contribution in [3.63, 3.8) is 0 Å². The molecular weight excluding hydrogens is 314 g/mol. The van der Waals surface area contributed by atoms with E-state index in [0.717, 1.165) is 20.5 Å². The lowest BCUT2D eigenvalue weighted by molar-refractivity contribution is 0.0603. The Bertz CT molecular complexity index is 590. The van der Waals surface area contributed by atoms with E-state index in [2.05, 4.69) is 15.9 Å². The minimum Gasteiger partial charge on any atom is -0.465 e. The van der Waals surface area contributed by atoms with Crippen LogP contribution < -0.4 is 5.73 Å². The fourth-order valence-electron chi connectivity index (χ4n) is 1.84. The first-order valence-electron chi connectivity index (χ1n) is 5.27. The van der Waals surface area contributed by atoms with E-state index in [1.165, 1.54) is 18.4 Å². The molecule has 0 fully saturated rings. The van der Waals surface area contributed by atoms with Crippen LogP contribution in [0.1, 0.15) is 15.2 Å². The Labute approximate surface area is 118 Å². The van der Waals surface area contributed by atoms with Gasteiger partial charge in [0.2, 0.25) is 0 Å². The monoisotopic (exact) mass is 325 g/mol. The highest BCUT2D eigenvalue weighted by molar-refractivity contribution is 9.10.